The minimum Gasteiger partial charge on any atom is -0.511 e. The lowest BCUT2D eigenvalue weighted by atomic mass is 9.81. The molecule has 6 nitrogen and oxygen atoms in total. The first-order valence-corrected chi connectivity index (χ1v) is 12.6. The number of carbonyl (C=O) groups is 2. The van der Waals surface area contributed by atoms with Gasteiger partial charge in [-0.1, -0.05) is 61.7 Å². The van der Waals surface area contributed by atoms with Crippen LogP contribution in [0.3, 0.4) is 0 Å². The monoisotopic (exact) mass is 462 g/mol. The molecule has 0 saturated heterocycles. The number of unbranched alkanes of at least 4 members (excludes halogenated alkanes) is 3. The van der Waals surface area contributed by atoms with Gasteiger partial charge in [-0.3, -0.25) is 14.6 Å². The van der Waals surface area contributed by atoms with Crippen LogP contribution in [0.4, 0.5) is 0 Å². The molecule has 0 aliphatic heterocycles. The van der Waals surface area contributed by atoms with E-state index in [1.807, 2.05) is 30.3 Å². The second-order valence-electron chi connectivity index (χ2n) is 9.35. The van der Waals surface area contributed by atoms with Crippen molar-refractivity contribution in [1.29, 1.82) is 0 Å². The van der Waals surface area contributed by atoms with E-state index in [2.05, 4.69) is 17.1 Å². The highest BCUT2D eigenvalue weighted by Crippen LogP contribution is 2.35. The first kappa shape index (κ1) is 24.1. The topological polar surface area (TPSA) is 92.8 Å². The van der Waals surface area contributed by atoms with Crippen molar-refractivity contribution in [1.82, 2.24) is 5.16 Å². The number of aliphatic hydroxyl groups excluding tert-OH is 1. The molecule has 2 aliphatic rings. The Morgan fingerprint density at radius 3 is 2.71 bits per heavy atom. The lowest BCUT2D eigenvalue weighted by molar-refractivity contribution is -0.115. The summed E-state index contributed by atoms with van der Waals surface area (Å²) in [5.41, 5.74) is 3.37. The van der Waals surface area contributed by atoms with Crippen molar-refractivity contribution in [3.8, 4) is 0 Å². The molecular weight excluding hydrogens is 428 g/mol. The van der Waals surface area contributed by atoms with Crippen LogP contribution in [0.15, 0.2) is 51.2 Å². The Balaban J connectivity index is 1.45. The highest BCUT2D eigenvalue weighted by atomic mass is 16.5. The van der Waals surface area contributed by atoms with Gasteiger partial charge >= 0.3 is 0 Å². The zero-order chi connectivity index (χ0) is 23.9. The van der Waals surface area contributed by atoms with Gasteiger partial charge in [0.05, 0.1) is 16.8 Å². The normalized spacial score (nSPS) is 21.1. The number of rotatable bonds is 9. The Kier molecular flexibility index (Phi) is 8.09. The van der Waals surface area contributed by atoms with Crippen LogP contribution in [-0.4, -0.2) is 34.1 Å². The number of aryl methyl sites for hydroxylation is 1. The van der Waals surface area contributed by atoms with Gasteiger partial charge in [-0.25, -0.2) is 0 Å². The molecule has 1 saturated carbocycles. The van der Waals surface area contributed by atoms with Gasteiger partial charge in [-0.05, 0) is 30.7 Å². The Morgan fingerprint density at radius 2 is 1.91 bits per heavy atom. The highest BCUT2D eigenvalue weighted by Gasteiger charge is 2.33. The third-order valence-corrected chi connectivity index (χ3v) is 6.83. The third kappa shape index (κ3) is 5.54. The molecule has 0 bridgehead atoms. The number of hydrogen-bond acceptors (Lipinski definition) is 6. The lowest BCUT2D eigenvalue weighted by Crippen LogP contribution is -2.22. The van der Waals surface area contributed by atoms with E-state index < -0.39 is 0 Å². The van der Waals surface area contributed by atoms with E-state index in [-0.39, 0.29) is 29.7 Å². The van der Waals surface area contributed by atoms with Crippen LogP contribution < -0.4 is 0 Å². The third-order valence-electron chi connectivity index (χ3n) is 6.83. The van der Waals surface area contributed by atoms with Crippen molar-refractivity contribution in [2.24, 2.45) is 4.99 Å². The molecule has 2 aromatic rings. The number of aromatic nitrogens is 1. The SMILES string of the molecule is CCCCCCN=C1CCCC(=O)C1=C(O)CCc1noc2c1C(=O)CC(c1ccccc1)C2. The van der Waals surface area contributed by atoms with Gasteiger partial charge in [0.25, 0.3) is 0 Å². The van der Waals surface area contributed by atoms with Gasteiger partial charge in [0.1, 0.15) is 11.5 Å². The van der Waals surface area contributed by atoms with Gasteiger partial charge in [0.2, 0.25) is 0 Å². The predicted octanol–water partition coefficient (Wildman–Crippen LogP) is 6.11. The van der Waals surface area contributed by atoms with Crippen molar-refractivity contribution in [3.05, 3.63) is 64.2 Å². The summed E-state index contributed by atoms with van der Waals surface area (Å²) in [6.07, 6.45) is 8.06. The van der Waals surface area contributed by atoms with Crippen molar-refractivity contribution in [2.45, 2.75) is 83.5 Å². The van der Waals surface area contributed by atoms with Gasteiger partial charge in [-0.2, -0.15) is 0 Å². The maximum Gasteiger partial charge on any atom is 0.168 e. The molecule has 34 heavy (non-hydrogen) atoms. The van der Waals surface area contributed by atoms with Crippen LogP contribution >= 0.6 is 0 Å². The summed E-state index contributed by atoms with van der Waals surface area (Å²) < 4.78 is 5.56. The van der Waals surface area contributed by atoms with Crippen LogP contribution in [0.2, 0.25) is 0 Å². The molecular formula is C28H34N2O4. The van der Waals surface area contributed by atoms with E-state index in [9.17, 15) is 14.7 Å². The molecule has 1 unspecified atom stereocenters. The summed E-state index contributed by atoms with van der Waals surface area (Å²) in [4.78, 5) is 30.2. The molecule has 180 valence electrons. The zero-order valence-corrected chi connectivity index (χ0v) is 20.0. The minimum absolute atomic E-state index is 0.0292. The summed E-state index contributed by atoms with van der Waals surface area (Å²) in [7, 11) is 0. The average Bonchev–Trinajstić information content (AvgIpc) is 3.26. The number of carbonyl (C=O) groups excluding carboxylic acids is 2. The molecule has 0 amide bonds. The van der Waals surface area contributed by atoms with Crippen molar-refractivity contribution in [3.63, 3.8) is 0 Å². The van der Waals surface area contributed by atoms with Crippen LogP contribution in [0, 0.1) is 0 Å². The predicted molar refractivity (Wildman–Crippen MR) is 132 cm³/mol. The number of hydrogen-bond donors (Lipinski definition) is 1. The number of benzene rings is 1. The van der Waals surface area contributed by atoms with Crippen LogP contribution in [0.1, 0.15) is 98.0 Å². The number of ketones is 2. The van der Waals surface area contributed by atoms with Crippen LogP contribution in [0.5, 0.6) is 0 Å². The summed E-state index contributed by atoms with van der Waals surface area (Å²) in [5.74, 6) is 0.754. The second-order valence-corrected chi connectivity index (χ2v) is 9.35. The number of aliphatic imine (C=N–C) groups is 1. The minimum atomic E-state index is -0.0416. The van der Waals surface area contributed by atoms with E-state index in [1.165, 1.54) is 12.8 Å². The van der Waals surface area contributed by atoms with E-state index in [1.54, 1.807) is 0 Å². The average molecular weight is 463 g/mol. The summed E-state index contributed by atoms with van der Waals surface area (Å²) in [6.45, 7) is 2.86. The molecule has 1 aromatic heterocycles. The molecule has 1 N–H and O–H groups in total. The summed E-state index contributed by atoms with van der Waals surface area (Å²) >= 11 is 0. The zero-order valence-electron chi connectivity index (χ0n) is 20.0. The molecule has 1 atom stereocenters. The van der Waals surface area contributed by atoms with E-state index in [0.717, 1.165) is 37.0 Å². The molecule has 2 aliphatic carbocycles. The fourth-order valence-electron chi connectivity index (χ4n) is 5.00. The highest BCUT2D eigenvalue weighted by molar-refractivity contribution is 6.24. The largest absolute Gasteiger partial charge is 0.511 e. The number of nitrogens with zero attached hydrogens (tertiary/aromatic N) is 2. The molecule has 0 radical (unpaired) electrons. The molecule has 1 aromatic carbocycles. The van der Waals surface area contributed by atoms with Gasteiger partial charge < -0.3 is 9.63 Å². The number of Topliss-reactive ketones (excluding diaryl/α,β-unsaturated/α-hetero) is 2. The standard InChI is InChI=1S/C28H34N2O4/c1-2-3-4-8-16-29-21-12-9-13-23(31)27(21)24(32)15-14-22-28-25(33)17-20(18-26(28)34-30-22)19-10-6-5-7-11-19/h5-7,10-11,20,32H,2-4,8-9,12-18H2,1H3. The van der Waals surface area contributed by atoms with Crippen LogP contribution in [-0.2, 0) is 17.6 Å². The second kappa shape index (κ2) is 11.4. The molecule has 6 heteroatoms. The quantitative estimate of drug-likeness (QED) is 0.276. The summed E-state index contributed by atoms with van der Waals surface area (Å²) in [6, 6.07) is 10.00. The van der Waals surface area contributed by atoms with Crippen molar-refractivity contribution in [2.75, 3.05) is 6.54 Å². The Bertz CT molecular complexity index is 1080. The van der Waals surface area contributed by atoms with E-state index in [0.29, 0.717) is 54.8 Å². The Hall–Kier alpha value is -3.02. The number of fused-ring (bicyclic) bond motifs is 1. The number of allylic oxidation sites excluding steroid dienone is 2. The molecule has 0 spiro atoms. The Morgan fingerprint density at radius 1 is 1.09 bits per heavy atom. The summed E-state index contributed by atoms with van der Waals surface area (Å²) in [5, 5.41) is 15.0. The maximum absolute atomic E-state index is 12.9. The number of aliphatic hydroxyl groups is 1. The first-order valence-electron chi connectivity index (χ1n) is 12.6. The van der Waals surface area contributed by atoms with E-state index >= 15 is 0 Å². The van der Waals surface area contributed by atoms with E-state index in [4.69, 9.17) is 4.52 Å². The van der Waals surface area contributed by atoms with Gasteiger partial charge in [-0.15, -0.1) is 0 Å². The van der Waals surface area contributed by atoms with Gasteiger partial charge in [0, 0.05) is 44.4 Å². The Labute approximate surface area is 201 Å². The molecule has 1 fully saturated rings. The van der Waals surface area contributed by atoms with Gasteiger partial charge in [0.15, 0.2) is 11.6 Å². The van der Waals surface area contributed by atoms with Crippen molar-refractivity contribution < 1.29 is 19.2 Å². The molecule has 1 heterocycles. The molecule has 4 rings (SSSR count). The van der Waals surface area contributed by atoms with Crippen LogP contribution in [0.25, 0.3) is 0 Å². The smallest absolute Gasteiger partial charge is 0.168 e. The fourth-order valence-corrected chi connectivity index (χ4v) is 5.00. The van der Waals surface area contributed by atoms with Crippen molar-refractivity contribution >= 4 is 17.3 Å². The maximum atomic E-state index is 12.9. The fraction of sp³-hybridized carbons (Fsp3) is 0.500. The lowest BCUT2D eigenvalue weighted by Gasteiger charge is -2.20. The first-order chi connectivity index (χ1) is 16.6.